The van der Waals surface area contributed by atoms with Crippen LogP contribution in [0.3, 0.4) is 0 Å². The Kier molecular flexibility index (Phi) is 7.44. The monoisotopic (exact) mass is 268 g/mol. The summed E-state index contributed by atoms with van der Waals surface area (Å²) in [5.74, 6) is 1.51. The Morgan fingerprint density at radius 2 is 1.95 bits per heavy atom. The average molecular weight is 268 g/mol. The van der Waals surface area contributed by atoms with Crippen LogP contribution in [0.25, 0.3) is 0 Å². The average Bonchev–Trinajstić information content (AvgIpc) is 2.40. The van der Waals surface area contributed by atoms with Crippen molar-refractivity contribution < 1.29 is 4.79 Å². The molecule has 0 saturated heterocycles. The highest BCUT2D eigenvalue weighted by Crippen LogP contribution is 2.26. The van der Waals surface area contributed by atoms with Crippen molar-refractivity contribution in [2.24, 2.45) is 17.6 Å². The molecule has 19 heavy (non-hydrogen) atoms. The lowest BCUT2D eigenvalue weighted by Crippen LogP contribution is -2.37. The molecule has 0 aromatic carbocycles. The van der Waals surface area contributed by atoms with Crippen molar-refractivity contribution in [3.8, 4) is 0 Å². The first-order valence-electron chi connectivity index (χ1n) is 8.13. The smallest absolute Gasteiger partial charge is 0.222 e. The second-order valence-electron chi connectivity index (χ2n) is 6.11. The van der Waals surface area contributed by atoms with Gasteiger partial charge in [0.05, 0.1) is 0 Å². The fraction of sp³-hybridized carbons (Fsp3) is 0.938. The van der Waals surface area contributed by atoms with Gasteiger partial charge in [-0.2, -0.15) is 0 Å². The Morgan fingerprint density at radius 3 is 2.47 bits per heavy atom. The number of carbonyl (C=O) groups excluding carboxylic acids is 1. The first-order chi connectivity index (χ1) is 9.10. The third kappa shape index (κ3) is 5.52. The van der Waals surface area contributed by atoms with Gasteiger partial charge in [-0.1, -0.05) is 33.1 Å². The van der Waals surface area contributed by atoms with Gasteiger partial charge in [-0.3, -0.25) is 4.79 Å². The van der Waals surface area contributed by atoms with Crippen LogP contribution in [0.15, 0.2) is 0 Å². The Bertz CT molecular complexity index is 263. The molecule has 2 atom stereocenters. The topological polar surface area (TPSA) is 46.3 Å². The van der Waals surface area contributed by atoms with E-state index in [0.29, 0.717) is 30.2 Å². The molecule has 1 amide bonds. The van der Waals surface area contributed by atoms with Crippen LogP contribution < -0.4 is 5.73 Å². The van der Waals surface area contributed by atoms with Crippen molar-refractivity contribution in [2.75, 3.05) is 13.1 Å². The van der Waals surface area contributed by atoms with Crippen molar-refractivity contribution in [1.29, 1.82) is 0 Å². The van der Waals surface area contributed by atoms with Gasteiger partial charge in [0.2, 0.25) is 5.91 Å². The molecule has 0 radical (unpaired) electrons. The van der Waals surface area contributed by atoms with Crippen molar-refractivity contribution in [3.63, 3.8) is 0 Å². The van der Waals surface area contributed by atoms with Crippen LogP contribution in [0.5, 0.6) is 0 Å². The Labute approximate surface area is 118 Å². The van der Waals surface area contributed by atoms with Crippen molar-refractivity contribution in [3.05, 3.63) is 0 Å². The number of hydrogen-bond acceptors (Lipinski definition) is 2. The number of carbonyl (C=O) groups is 1. The summed E-state index contributed by atoms with van der Waals surface area (Å²) < 4.78 is 0. The molecule has 0 aromatic rings. The number of hydrogen-bond donors (Lipinski definition) is 1. The van der Waals surface area contributed by atoms with Gasteiger partial charge in [0.15, 0.2) is 0 Å². The van der Waals surface area contributed by atoms with Crippen molar-refractivity contribution in [1.82, 2.24) is 4.90 Å². The summed E-state index contributed by atoms with van der Waals surface area (Å²) in [6, 6.07) is 0.320. The van der Waals surface area contributed by atoms with E-state index in [1.165, 1.54) is 12.8 Å². The molecule has 1 rings (SSSR count). The summed E-state index contributed by atoms with van der Waals surface area (Å²) in [5.41, 5.74) is 6.01. The molecule has 2 unspecified atom stereocenters. The fourth-order valence-corrected chi connectivity index (χ4v) is 3.16. The first kappa shape index (κ1) is 16.5. The molecule has 1 fully saturated rings. The zero-order valence-corrected chi connectivity index (χ0v) is 13.0. The molecule has 1 saturated carbocycles. The molecule has 0 aromatic heterocycles. The summed E-state index contributed by atoms with van der Waals surface area (Å²) >= 11 is 0. The molecule has 112 valence electrons. The second kappa shape index (κ2) is 8.57. The SMILES string of the molecule is CCC(CC)CN(CC)C(=O)CC1CCCC(N)C1. The summed E-state index contributed by atoms with van der Waals surface area (Å²) in [5, 5.41) is 0. The maximum Gasteiger partial charge on any atom is 0.222 e. The number of nitrogens with two attached hydrogens (primary N) is 1. The minimum Gasteiger partial charge on any atom is -0.343 e. The molecule has 0 bridgehead atoms. The number of amides is 1. The Morgan fingerprint density at radius 1 is 1.26 bits per heavy atom. The van der Waals surface area contributed by atoms with E-state index in [4.69, 9.17) is 5.73 Å². The minimum atomic E-state index is 0.320. The second-order valence-corrected chi connectivity index (χ2v) is 6.11. The minimum absolute atomic E-state index is 0.320. The van der Waals surface area contributed by atoms with E-state index in [1.54, 1.807) is 0 Å². The lowest BCUT2D eigenvalue weighted by Gasteiger charge is -2.30. The normalized spacial score (nSPS) is 23.6. The van der Waals surface area contributed by atoms with Gasteiger partial charge in [0, 0.05) is 25.6 Å². The van der Waals surface area contributed by atoms with E-state index in [1.807, 2.05) is 0 Å². The number of nitrogens with zero attached hydrogens (tertiary/aromatic N) is 1. The summed E-state index contributed by atoms with van der Waals surface area (Å²) in [6.45, 7) is 8.29. The highest BCUT2D eigenvalue weighted by molar-refractivity contribution is 5.76. The molecule has 0 heterocycles. The summed E-state index contributed by atoms with van der Waals surface area (Å²) in [6.07, 6.45) is 7.58. The first-order valence-corrected chi connectivity index (χ1v) is 8.13. The molecular formula is C16H32N2O. The van der Waals surface area contributed by atoms with Crippen LogP contribution in [0.4, 0.5) is 0 Å². The van der Waals surface area contributed by atoms with Gasteiger partial charge in [-0.25, -0.2) is 0 Å². The zero-order valence-electron chi connectivity index (χ0n) is 13.0. The van der Waals surface area contributed by atoms with E-state index in [-0.39, 0.29) is 0 Å². The lowest BCUT2D eigenvalue weighted by atomic mass is 9.84. The van der Waals surface area contributed by atoms with Crippen LogP contribution in [-0.2, 0) is 4.79 Å². The van der Waals surface area contributed by atoms with Crippen LogP contribution >= 0.6 is 0 Å². The number of rotatable bonds is 7. The van der Waals surface area contributed by atoms with Crippen LogP contribution in [-0.4, -0.2) is 29.9 Å². The predicted octanol–water partition coefficient (Wildman–Crippen LogP) is 3.18. The molecular weight excluding hydrogens is 236 g/mol. The lowest BCUT2D eigenvalue weighted by molar-refractivity contribution is -0.133. The maximum atomic E-state index is 12.4. The van der Waals surface area contributed by atoms with Gasteiger partial charge in [0.1, 0.15) is 0 Å². The quantitative estimate of drug-likeness (QED) is 0.771. The Hall–Kier alpha value is -0.570. The molecule has 2 N–H and O–H groups in total. The molecule has 3 nitrogen and oxygen atoms in total. The third-order valence-corrected chi connectivity index (χ3v) is 4.65. The van der Waals surface area contributed by atoms with Gasteiger partial charge in [0.25, 0.3) is 0 Å². The van der Waals surface area contributed by atoms with E-state index in [0.717, 1.165) is 38.8 Å². The van der Waals surface area contributed by atoms with Crippen LogP contribution in [0.1, 0.15) is 65.7 Å². The molecule has 0 aliphatic heterocycles. The Balaban J connectivity index is 2.44. The third-order valence-electron chi connectivity index (χ3n) is 4.65. The summed E-state index contributed by atoms with van der Waals surface area (Å²) in [4.78, 5) is 14.5. The maximum absolute atomic E-state index is 12.4. The van der Waals surface area contributed by atoms with E-state index >= 15 is 0 Å². The zero-order chi connectivity index (χ0) is 14.3. The highest BCUT2D eigenvalue weighted by atomic mass is 16.2. The predicted molar refractivity (Wildman–Crippen MR) is 80.9 cm³/mol. The van der Waals surface area contributed by atoms with Gasteiger partial charge >= 0.3 is 0 Å². The summed E-state index contributed by atoms with van der Waals surface area (Å²) in [7, 11) is 0. The largest absolute Gasteiger partial charge is 0.343 e. The van der Waals surface area contributed by atoms with Crippen LogP contribution in [0.2, 0.25) is 0 Å². The van der Waals surface area contributed by atoms with Crippen LogP contribution in [0, 0.1) is 11.8 Å². The fourth-order valence-electron chi connectivity index (χ4n) is 3.16. The van der Waals surface area contributed by atoms with Gasteiger partial charge in [-0.15, -0.1) is 0 Å². The van der Waals surface area contributed by atoms with E-state index in [2.05, 4.69) is 25.7 Å². The van der Waals surface area contributed by atoms with Crippen molar-refractivity contribution in [2.45, 2.75) is 71.8 Å². The highest BCUT2D eigenvalue weighted by Gasteiger charge is 2.24. The molecule has 3 heteroatoms. The standard InChI is InChI=1S/C16H32N2O/c1-4-13(5-2)12-18(6-3)16(19)11-14-8-7-9-15(17)10-14/h13-15H,4-12,17H2,1-3H3. The van der Waals surface area contributed by atoms with Gasteiger partial charge < -0.3 is 10.6 Å². The van der Waals surface area contributed by atoms with Crippen molar-refractivity contribution >= 4 is 5.91 Å². The molecule has 0 spiro atoms. The van der Waals surface area contributed by atoms with E-state index < -0.39 is 0 Å². The molecule has 1 aliphatic rings. The molecule has 1 aliphatic carbocycles. The van der Waals surface area contributed by atoms with E-state index in [9.17, 15) is 4.79 Å². The van der Waals surface area contributed by atoms with Gasteiger partial charge in [-0.05, 0) is 38.0 Å².